The molecule has 6 heteroatoms. The topological polar surface area (TPSA) is 67.2 Å². The molecule has 2 amide bonds. The second-order valence-electron chi connectivity index (χ2n) is 7.13. The molecule has 6 nitrogen and oxygen atoms in total. The number of hydrogen-bond acceptors (Lipinski definition) is 3. The number of amides is 2. The molecule has 3 rings (SSSR count). The van der Waals surface area contributed by atoms with Crippen molar-refractivity contribution in [1.82, 2.24) is 19.8 Å². The molecule has 1 aromatic heterocycles. The van der Waals surface area contributed by atoms with Crippen LogP contribution in [0.15, 0.2) is 36.5 Å². The van der Waals surface area contributed by atoms with Gasteiger partial charge in [0.25, 0.3) is 0 Å². The molecule has 0 aliphatic carbocycles. The second kappa shape index (κ2) is 7.72. The van der Waals surface area contributed by atoms with Crippen LogP contribution in [0.5, 0.6) is 0 Å². The van der Waals surface area contributed by atoms with E-state index < -0.39 is 0 Å². The summed E-state index contributed by atoms with van der Waals surface area (Å²) in [4.78, 5) is 30.9. The third kappa shape index (κ3) is 3.79. The Labute approximate surface area is 154 Å². The number of aromatic nitrogens is 2. The molecule has 0 radical (unpaired) electrons. The van der Waals surface area contributed by atoms with Gasteiger partial charge in [-0.05, 0) is 32.3 Å². The van der Waals surface area contributed by atoms with E-state index >= 15 is 0 Å². The molecular weight excluding hydrogens is 328 g/mol. The highest BCUT2D eigenvalue weighted by atomic mass is 16.2. The van der Waals surface area contributed by atoms with Gasteiger partial charge in [-0.15, -0.1) is 0 Å². The summed E-state index contributed by atoms with van der Waals surface area (Å²) >= 11 is 0. The van der Waals surface area contributed by atoms with Crippen LogP contribution in [-0.2, 0) is 16.1 Å². The van der Waals surface area contributed by atoms with E-state index in [0.717, 1.165) is 36.5 Å². The number of hydrogen-bond donors (Lipinski definition) is 1. The fraction of sp³-hybridized carbons (Fsp3) is 0.450. The molecule has 0 bridgehead atoms. The summed E-state index contributed by atoms with van der Waals surface area (Å²) in [6.07, 6.45) is 3.54. The lowest BCUT2D eigenvalue weighted by Crippen LogP contribution is -2.43. The van der Waals surface area contributed by atoms with E-state index in [1.165, 1.54) is 4.90 Å². The van der Waals surface area contributed by atoms with Crippen LogP contribution in [-0.4, -0.2) is 45.9 Å². The fourth-order valence-electron chi connectivity index (χ4n) is 3.49. The molecule has 1 aliphatic heterocycles. The highest BCUT2D eigenvalue weighted by molar-refractivity contribution is 5.88. The van der Waals surface area contributed by atoms with E-state index in [1.54, 1.807) is 7.05 Å². The Morgan fingerprint density at radius 1 is 1.31 bits per heavy atom. The normalized spacial score (nSPS) is 16.2. The maximum atomic E-state index is 12.9. The van der Waals surface area contributed by atoms with E-state index in [1.807, 2.05) is 38.2 Å². The Hall–Kier alpha value is -2.63. The van der Waals surface area contributed by atoms with Gasteiger partial charge in [-0.3, -0.25) is 9.59 Å². The molecule has 26 heavy (non-hydrogen) atoms. The van der Waals surface area contributed by atoms with Gasteiger partial charge < -0.3 is 14.8 Å². The monoisotopic (exact) mass is 354 g/mol. The number of benzene rings is 1. The van der Waals surface area contributed by atoms with Crippen molar-refractivity contribution < 1.29 is 9.59 Å². The molecule has 2 aromatic rings. The minimum Gasteiger partial charge on any atom is -0.352 e. The number of imidazole rings is 1. The van der Waals surface area contributed by atoms with Crippen LogP contribution in [0.1, 0.15) is 38.4 Å². The van der Waals surface area contributed by atoms with Crippen LogP contribution >= 0.6 is 0 Å². The summed E-state index contributed by atoms with van der Waals surface area (Å²) in [5.41, 5.74) is 2.14. The molecule has 1 unspecified atom stereocenters. The molecule has 1 aromatic carbocycles. The summed E-state index contributed by atoms with van der Waals surface area (Å²) in [6, 6.07) is 10.2. The molecule has 0 saturated heterocycles. The number of fused-ring (bicyclic) bond motifs is 1. The van der Waals surface area contributed by atoms with E-state index in [9.17, 15) is 9.59 Å². The Morgan fingerprint density at radius 3 is 2.73 bits per heavy atom. The summed E-state index contributed by atoms with van der Waals surface area (Å²) in [7, 11) is 1.68. The van der Waals surface area contributed by atoms with Crippen LogP contribution < -0.4 is 5.32 Å². The molecule has 1 N–H and O–H groups in total. The van der Waals surface area contributed by atoms with Gasteiger partial charge in [0.1, 0.15) is 5.82 Å². The second-order valence-corrected chi connectivity index (χ2v) is 7.13. The van der Waals surface area contributed by atoms with Gasteiger partial charge in [0.05, 0.1) is 24.4 Å². The average molecular weight is 354 g/mol. The van der Waals surface area contributed by atoms with Crippen LogP contribution in [0.3, 0.4) is 0 Å². The number of nitrogens with one attached hydrogen (secondary N) is 1. The Bertz CT molecular complexity index is 782. The standard InChI is InChI=1S/C20H26N4O2/c1-14(2)22-18(25)13-23(3)20(26)16-10-7-11-24-17(12-21-19(16)24)15-8-5-4-6-9-15/h4-6,8-9,12,14,16H,7,10-11,13H2,1-3H3,(H,22,25). The zero-order valence-corrected chi connectivity index (χ0v) is 15.6. The highest BCUT2D eigenvalue weighted by Gasteiger charge is 2.32. The number of carbonyl (C=O) groups is 2. The molecule has 138 valence electrons. The Kier molecular flexibility index (Phi) is 5.40. The van der Waals surface area contributed by atoms with E-state index in [0.29, 0.717) is 0 Å². The molecule has 0 saturated carbocycles. The maximum Gasteiger partial charge on any atom is 0.239 e. The molecule has 0 fully saturated rings. The van der Waals surface area contributed by atoms with E-state index in [-0.39, 0.29) is 30.3 Å². The van der Waals surface area contributed by atoms with Crippen molar-refractivity contribution in [1.29, 1.82) is 0 Å². The first-order valence-electron chi connectivity index (χ1n) is 9.12. The molecular formula is C20H26N4O2. The highest BCUT2D eigenvalue weighted by Crippen LogP contribution is 2.32. The molecule has 2 heterocycles. The quantitative estimate of drug-likeness (QED) is 0.897. The predicted octanol–water partition coefficient (Wildman–Crippen LogP) is 2.41. The van der Waals surface area contributed by atoms with Gasteiger partial charge >= 0.3 is 0 Å². The number of likely N-dealkylation sites (N-methyl/N-ethyl adjacent to an activating group) is 1. The fourth-order valence-corrected chi connectivity index (χ4v) is 3.49. The Morgan fingerprint density at radius 2 is 2.04 bits per heavy atom. The third-order valence-corrected chi connectivity index (χ3v) is 4.65. The molecule has 1 atom stereocenters. The van der Waals surface area contributed by atoms with Crippen molar-refractivity contribution in [3.05, 3.63) is 42.4 Å². The van der Waals surface area contributed by atoms with Gasteiger partial charge in [-0.25, -0.2) is 4.98 Å². The van der Waals surface area contributed by atoms with Gasteiger partial charge in [-0.1, -0.05) is 30.3 Å². The van der Waals surface area contributed by atoms with Crippen molar-refractivity contribution in [3.8, 4) is 11.3 Å². The molecule has 0 spiro atoms. The number of nitrogens with zero attached hydrogens (tertiary/aromatic N) is 3. The van der Waals surface area contributed by atoms with Crippen LogP contribution in [0.4, 0.5) is 0 Å². The van der Waals surface area contributed by atoms with Crippen LogP contribution in [0, 0.1) is 0 Å². The van der Waals surface area contributed by atoms with Gasteiger partial charge in [0.15, 0.2) is 0 Å². The minimum atomic E-state index is -0.293. The summed E-state index contributed by atoms with van der Waals surface area (Å²) in [5, 5.41) is 2.82. The molecule has 1 aliphatic rings. The summed E-state index contributed by atoms with van der Waals surface area (Å²) in [6.45, 7) is 4.74. The maximum absolute atomic E-state index is 12.9. The van der Waals surface area contributed by atoms with Crippen molar-refractivity contribution >= 4 is 11.8 Å². The summed E-state index contributed by atoms with van der Waals surface area (Å²) < 4.78 is 2.14. The SMILES string of the molecule is CC(C)NC(=O)CN(C)C(=O)C1CCCn2c(-c3ccccc3)cnc21. The van der Waals surface area contributed by atoms with Crippen molar-refractivity contribution in [3.63, 3.8) is 0 Å². The summed E-state index contributed by atoms with van der Waals surface area (Å²) in [5.74, 6) is 0.323. The van der Waals surface area contributed by atoms with Crippen molar-refractivity contribution in [2.75, 3.05) is 13.6 Å². The van der Waals surface area contributed by atoms with Gasteiger partial charge in [0.2, 0.25) is 11.8 Å². The predicted molar refractivity (Wildman–Crippen MR) is 101 cm³/mol. The van der Waals surface area contributed by atoms with E-state index in [4.69, 9.17) is 0 Å². The lowest BCUT2D eigenvalue weighted by Gasteiger charge is -2.28. The van der Waals surface area contributed by atoms with E-state index in [2.05, 4.69) is 27.0 Å². The number of rotatable bonds is 5. The average Bonchev–Trinajstić information content (AvgIpc) is 3.05. The van der Waals surface area contributed by atoms with Gasteiger partial charge in [-0.2, -0.15) is 0 Å². The third-order valence-electron chi connectivity index (χ3n) is 4.65. The zero-order chi connectivity index (χ0) is 18.7. The number of carbonyl (C=O) groups excluding carboxylic acids is 2. The minimum absolute atomic E-state index is 0.0462. The van der Waals surface area contributed by atoms with Crippen LogP contribution in [0.25, 0.3) is 11.3 Å². The first-order valence-corrected chi connectivity index (χ1v) is 9.12. The van der Waals surface area contributed by atoms with Crippen LogP contribution in [0.2, 0.25) is 0 Å². The first kappa shape index (κ1) is 18.2. The van der Waals surface area contributed by atoms with Crippen molar-refractivity contribution in [2.45, 2.75) is 45.2 Å². The van der Waals surface area contributed by atoms with Crippen molar-refractivity contribution in [2.24, 2.45) is 0 Å². The Balaban J connectivity index is 1.78. The lowest BCUT2D eigenvalue weighted by atomic mass is 9.97. The lowest BCUT2D eigenvalue weighted by molar-refractivity contribution is -0.136. The first-order chi connectivity index (χ1) is 12.5. The largest absolute Gasteiger partial charge is 0.352 e. The van der Waals surface area contributed by atoms with Gasteiger partial charge in [0, 0.05) is 19.6 Å². The zero-order valence-electron chi connectivity index (χ0n) is 15.6. The smallest absolute Gasteiger partial charge is 0.239 e.